The Bertz CT molecular complexity index is 452. The Morgan fingerprint density at radius 3 is 2.94 bits per heavy atom. The van der Waals surface area contributed by atoms with Gasteiger partial charge in [-0.25, -0.2) is 0 Å². The highest BCUT2D eigenvalue weighted by Gasteiger charge is 2.31. The molecule has 1 heterocycles. The van der Waals surface area contributed by atoms with Crippen LogP contribution in [0.15, 0.2) is 18.2 Å². The molecule has 1 aromatic carbocycles. The molecule has 0 radical (unpaired) electrons. The van der Waals surface area contributed by atoms with Gasteiger partial charge >= 0.3 is 0 Å². The molecule has 1 unspecified atom stereocenters. The standard InChI is InChI=1S/C14H17NO2/c16-13(10-4-5-10)11-6-3-9-2-1-7-15-14(17)12(9)8-11/h3,6,8,10,13,16H,1-2,4-5,7H2,(H,15,17). The van der Waals surface area contributed by atoms with E-state index in [2.05, 4.69) is 5.32 Å². The third-order valence-electron chi connectivity index (χ3n) is 3.70. The minimum Gasteiger partial charge on any atom is -0.388 e. The van der Waals surface area contributed by atoms with Gasteiger partial charge in [-0.3, -0.25) is 4.79 Å². The van der Waals surface area contributed by atoms with Crippen LogP contribution in [0.3, 0.4) is 0 Å². The second kappa shape index (κ2) is 4.15. The molecule has 0 spiro atoms. The zero-order valence-corrected chi connectivity index (χ0v) is 9.78. The van der Waals surface area contributed by atoms with Crippen molar-refractivity contribution in [2.45, 2.75) is 31.8 Å². The summed E-state index contributed by atoms with van der Waals surface area (Å²) in [6, 6.07) is 5.85. The molecule has 1 saturated carbocycles. The van der Waals surface area contributed by atoms with Crippen LogP contribution in [0.1, 0.15) is 46.9 Å². The van der Waals surface area contributed by atoms with Crippen LogP contribution in [0.4, 0.5) is 0 Å². The van der Waals surface area contributed by atoms with E-state index >= 15 is 0 Å². The Labute approximate surface area is 101 Å². The van der Waals surface area contributed by atoms with Crippen LogP contribution >= 0.6 is 0 Å². The van der Waals surface area contributed by atoms with Crippen LogP contribution in [-0.2, 0) is 6.42 Å². The number of benzene rings is 1. The largest absolute Gasteiger partial charge is 0.388 e. The predicted octanol–water partition coefficient (Wildman–Crippen LogP) is 1.81. The molecule has 0 bridgehead atoms. The summed E-state index contributed by atoms with van der Waals surface area (Å²) in [6.07, 6.45) is 3.74. The summed E-state index contributed by atoms with van der Waals surface area (Å²) in [7, 11) is 0. The van der Waals surface area contributed by atoms with E-state index in [0.717, 1.165) is 48.9 Å². The van der Waals surface area contributed by atoms with Crippen LogP contribution < -0.4 is 5.32 Å². The number of carbonyl (C=O) groups excluding carboxylic acids is 1. The van der Waals surface area contributed by atoms with Crippen molar-refractivity contribution in [1.82, 2.24) is 5.32 Å². The maximum absolute atomic E-state index is 11.9. The maximum Gasteiger partial charge on any atom is 0.251 e. The SMILES string of the molecule is O=C1NCCCc2ccc(C(O)C3CC3)cc21. The van der Waals surface area contributed by atoms with Crippen molar-refractivity contribution in [2.24, 2.45) is 5.92 Å². The minimum atomic E-state index is -0.392. The summed E-state index contributed by atoms with van der Waals surface area (Å²) in [5, 5.41) is 13.0. The number of carbonyl (C=O) groups is 1. The van der Waals surface area contributed by atoms with Gasteiger partial charge in [-0.05, 0) is 48.8 Å². The van der Waals surface area contributed by atoms with Gasteiger partial charge in [0.15, 0.2) is 0 Å². The fourth-order valence-corrected chi connectivity index (χ4v) is 2.47. The first-order valence-electron chi connectivity index (χ1n) is 6.35. The van der Waals surface area contributed by atoms with Crippen molar-refractivity contribution in [2.75, 3.05) is 6.54 Å². The van der Waals surface area contributed by atoms with Gasteiger partial charge in [-0.15, -0.1) is 0 Å². The molecule has 0 aromatic heterocycles. The molecule has 1 aromatic rings. The van der Waals surface area contributed by atoms with Crippen molar-refractivity contribution >= 4 is 5.91 Å². The molecular weight excluding hydrogens is 214 g/mol. The van der Waals surface area contributed by atoms with Crippen LogP contribution in [0.25, 0.3) is 0 Å². The third kappa shape index (κ3) is 2.07. The molecule has 1 aliphatic carbocycles. The van der Waals surface area contributed by atoms with Gasteiger partial charge in [-0.1, -0.05) is 12.1 Å². The van der Waals surface area contributed by atoms with Gasteiger partial charge in [0.25, 0.3) is 5.91 Å². The summed E-state index contributed by atoms with van der Waals surface area (Å²) in [6.45, 7) is 0.744. The van der Waals surface area contributed by atoms with E-state index in [1.807, 2.05) is 18.2 Å². The molecule has 1 amide bonds. The number of aliphatic hydroxyl groups is 1. The van der Waals surface area contributed by atoms with Gasteiger partial charge in [0, 0.05) is 12.1 Å². The summed E-state index contributed by atoms with van der Waals surface area (Å²) in [5.74, 6) is 0.407. The highest BCUT2D eigenvalue weighted by Crippen LogP contribution is 2.41. The lowest BCUT2D eigenvalue weighted by molar-refractivity contribution is 0.0955. The minimum absolute atomic E-state index is 0.00217. The molecule has 1 fully saturated rings. The van der Waals surface area contributed by atoms with E-state index in [1.54, 1.807) is 0 Å². The Balaban J connectivity index is 1.95. The number of hydrogen-bond acceptors (Lipinski definition) is 2. The molecule has 0 saturated heterocycles. The summed E-state index contributed by atoms with van der Waals surface area (Å²) in [4.78, 5) is 11.9. The number of hydrogen-bond donors (Lipinski definition) is 2. The topological polar surface area (TPSA) is 49.3 Å². The average Bonchev–Trinajstić information content (AvgIpc) is 3.17. The first kappa shape index (κ1) is 10.8. The van der Waals surface area contributed by atoms with Crippen molar-refractivity contribution in [3.63, 3.8) is 0 Å². The van der Waals surface area contributed by atoms with Crippen molar-refractivity contribution in [3.05, 3.63) is 34.9 Å². The number of aryl methyl sites for hydroxylation is 1. The number of fused-ring (bicyclic) bond motifs is 1. The first-order chi connectivity index (χ1) is 8.25. The zero-order chi connectivity index (χ0) is 11.8. The van der Waals surface area contributed by atoms with Crippen molar-refractivity contribution in [3.8, 4) is 0 Å². The van der Waals surface area contributed by atoms with Gasteiger partial charge in [-0.2, -0.15) is 0 Å². The second-order valence-electron chi connectivity index (χ2n) is 5.06. The molecule has 90 valence electrons. The molecule has 1 atom stereocenters. The van der Waals surface area contributed by atoms with Crippen molar-refractivity contribution in [1.29, 1.82) is 0 Å². The quantitative estimate of drug-likeness (QED) is 0.815. The lowest BCUT2D eigenvalue weighted by Gasteiger charge is -2.12. The van der Waals surface area contributed by atoms with Crippen LogP contribution in [0, 0.1) is 5.92 Å². The molecule has 2 N–H and O–H groups in total. The average molecular weight is 231 g/mol. The van der Waals surface area contributed by atoms with Gasteiger partial charge in [0.2, 0.25) is 0 Å². The molecule has 17 heavy (non-hydrogen) atoms. The summed E-state index contributed by atoms with van der Waals surface area (Å²) >= 11 is 0. The smallest absolute Gasteiger partial charge is 0.251 e. The third-order valence-corrected chi connectivity index (χ3v) is 3.70. The molecular formula is C14H17NO2. The fourth-order valence-electron chi connectivity index (χ4n) is 2.47. The van der Waals surface area contributed by atoms with Crippen LogP contribution in [0.2, 0.25) is 0 Å². The monoisotopic (exact) mass is 231 g/mol. The highest BCUT2D eigenvalue weighted by molar-refractivity contribution is 5.96. The molecule has 3 rings (SSSR count). The second-order valence-corrected chi connectivity index (χ2v) is 5.06. The van der Waals surface area contributed by atoms with E-state index in [9.17, 15) is 9.90 Å². The van der Waals surface area contributed by atoms with E-state index in [-0.39, 0.29) is 5.91 Å². The Morgan fingerprint density at radius 1 is 1.35 bits per heavy atom. The lowest BCUT2D eigenvalue weighted by atomic mass is 9.97. The Hall–Kier alpha value is -1.35. The summed E-state index contributed by atoms with van der Waals surface area (Å²) in [5.41, 5.74) is 2.75. The zero-order valence-electron chi connectivity index (χ0n) is 9.78. The predicted molar refractivity (Wildman–Crippen MR) is 64.8 cm³/mol. The Kier molecular flexibility index (Phi) is 2.63. The highest BCUT2D eigenvalue weighted by atomic mass is 16.3. The van der Waals surface area contributed by atoms with E-state index in [1.165, 1.54) is 0 Å². The Morgan fingerprint density at radius 2 is 2.18 bits per heavy atom. The maximum atomic E-state index is 11.9. The van der Waals surface area contributed by atoms with E-state index in [0.29, 0.717) is 5.92 Å². The molecule has 3 heteroatoms. The number of rotatable bonds is 2. The van der Waals surface area contributed by atoms with Crippen LogP contribution in [0.5, 0.6) is 0 Å². The fraction of sp³-hybridized carbons (Fsp3) is 0.500. The van der Waals surface area contributed by atoms with Gasteiger partial charge < -0.3 is 10.4 Å². The number of aliphatic hydroxyl groups excluding tert-OH is 1. The first-order valence-corrected chi connectivity index (χ1v) is 6.35. The number of nitrogens with one attached hydrogen (secondary N) is 1. The van der Waals surface area contributed by atoms with Crippen molar-refractivity contribution < 1.29 is 9.90 Å². The number of amides is 1. The van der Waals surface area contributed by atoms with Gasteiger partial charge in [0.1, 0.15) is 0 Å². The normalized spacial score (nSPS) is 21.4. The summed E-state index contributed by atoms with van der Waals surface area (Å²) < 4.78 is 0. The van der Waals surface area contributed by atoms with E-state index < -0.39 is 6.10 Å². The molecule has 2 aliphatic rings. The van der Waals surface area contributed by atoms with Crippen LogP contribution in [-0.4, -0.2) is 17.6 Å². The lowest BCUT2D eigenvalue weighted by Crippen LogP contribution is -2.22. The molecule has 1 aliphatic heterocycles. The molecule has 3 nitrogen and oxygen atoms in total. The van der Waals surface area contributed by atoms with E-state index in [4.69, 9.17) is 0 Å². The van der Waals surface area contributed by atoms with Gasteiger partial charge in [0.05, 0.1) is 6.10 Å².